The Labute approximate surface area is 103 Å². The minimum absolute atomic E-state index is 0.142. The van der Waals surface area contributed by atoms with E-state index in [4.69, 9.17) is 4.74 Å². The molecule has 4 nitrogen and oxygen atoms in total. The molecular weight excluding hydrogens is 214 g/mol. The Hall–Kier alpha value is -1.32. The van der Waals surface area contributed by atoms with Crippen LogP contribution in [0.15, 0.2) is 12.3 Å². The fourth-order valence-corrected chi connectivity index (χ4v) is 1.82. The molecule has 1 heterocycles. The van der Waals surface area contributed by atoms with Gasteiger partial charge in [0.2, 0.25) is 11.8 Å². The Morgan fingerprint density at radius 3 is 2.82 bits per heavy atom. The van der Waals surface area contributed by atoms with Gasteiger partial charge in [-0.1, -0.05) is 6.92 Å². The molecule has 1 atom stereocenters. The van der Waals surface area contributed by atoms with Crippen LogP contribution in [0.1, 0.15) is 33.6 Å². The normalized spacial score (nSPS) is 16.9. The van der Waals surface area contributed by atoms with Crippen molar-refractivity contribution < 1.29 is 4.74 Å². The van der Waals surface area contributed by atoms with Gasteiger partial charge in [0.15, 0.2) is 0 Å². The Morgan fingerprint density at radius 1 is 1.41 bits per heavy atom. The Morgan fingerprint density at radius 2 is 2.18 bits per heavy atom. The molecule has 4 heteroatoms. The van der Waals surface area contributed by atoms with Crippen molar-refractivity contribution in [3.63, 3.8) is 0 Å². The summed E-state index contributed by atoms with van der Waals surface area (Å²) in [6, 6.07) is 1.79. The summed E-state index contributed by atoms with van der Waals surface area (Å²) < 4.78 is 5.53. The second-order valence-electron chi connectivity index (χ2n) is 5.08. The van der Waals surface area contributed by atoms with Crippen molar-refractivity contribution in [1.82, 2.24) is 9.97 Å². The van der Waals surface area contributed by atoms with Crippen molar-refractivity contribution in [1.29, 1.82) is 0 Å². The van der Waals surface area contributed by atoms with Gasteiger partial charge in [-0.2, -0.15) is 4.98 Å². The van der Waals surface area contributed by atoms with E-state index in [-0.39, 0.29) is 6.10 Å². The highest BCUT2D eigenvalue weighted by Gasteiger charge is 2.27. The average Bonchev–Trinajstić information content (AvgIpc) is 3.09. The summed E-state index contributed by atoms with van der Waals surface area (Å²) in [6.07, 6.45) is 4.62. The SMILES string of the molecule is CC(C)Oc1ccnc(NCC(C)C2CC2)n1. The molecular formula is C13H21N3O. The van der Waals surface area contributed by atoms with Crippen LogP contribution in [0.2, 0.25) is 0 Å². The van der Waals surface area contributed by atoms with Gasteiger partial charge in [0.05, 0.1) is 6.10 Å². The van der Waals surface area contributed by atoms with Gasteiger partial charge in [0, 0.05) is 18.8 Å². The number of hydrogen-bond acceptors (Lipinski definition) is 4. The fraction of sp³-hybridized carbons (Fsp3) is 0.692. The highest BCUT2D eigenvalue weighted by atomic mass is 16.5. The topological polar surface area (TPSA) is 47.0 Å². The molecule has 1 aromatic heterocycles. The lowest BCUT2D eigenvalue weighted by atomic mass is 10.1. The highest BCUT2D eigenvalue weighted by Crippen LogP contribution is 2.36. The molecule has 17 heavy (non-hydrogen) atoms. The number of nitrogens with zero attached hydrogens (tertiary/aromatic N) is 2. The lowest BCUT2D eigenvalue weighted by molar-refractivity contribution is 0.232. The molecule has 1 saturated carbocycles. The molecule has 0 aromatic carbocycles. The van der Waals surface area contributed by atoms with Crippen molar-refractivity contribution in [3.8, 4) is 5.88 Å². The van der Waals surface area contributed by atoms with E-state index in [2.05, 4.69) is 22.2 Å². The van der Waals surface area contributed by atoms with Gasteiger partial charge in [-0.25, -0.2) is 4.98 Å². The smallest absolute Gasteiger partial charge is 0.225 e. The first-order valence-corrected chi connectivity index (χ1v) is 6.38. The first-order valence-electron chi connectivity index (χ1n) is 6.38. The number of hydrogen-bond donors (Lipinski definition) is 1. The van der Waals surface area contributed by atoms with Gasteiger partial charge in [-0.3, -0.25) is 0 Å². The Bertz CT molecular complexity index is 363. The van der Waals surface area contributed by atoms with Gasteiger partial charge in [-0.15, -0.1) is 0 Å². The highest BCUT2D eigenvalue weighted by molar-refractivity contribution is 5.27. The summed E-state index contributed by atoms with van der Waals surface area (Å²) >= 11 is 0. The van der Waals surface area contributed by atoms with Gasteiger partial charge in [0.25, 0.3) is 0 Å². The molecule has 0 spiro atoms. The van der Waals surface area contributed by atoms with Crippen LogP contribution in [0.3, 0.4) is 0 Å². The molecule has 94 valence electrons. The molecule has 0 saturated heterocycles. The van der Waals surface area contributed by atoms with E-state index >= 15 is 0 Å². The van der Waals surface area contributed by atoms with Crippen LogP contribution in [-0.4, -0.2) is 22.6 Å². The minimum Gasteiger partial charge on any atom is -0.475 e. The van der Waals surface area contributed by atoms with E-state index in [1.807, 2.05) is 13.8 Å². The van der Waals surface area contributed by atoms with Crippen LogP contribution in [-0.2, 0) is 0 Å². The quantitative estimate of drug-likeness (QED) is 0.823. The van der Waals surface area contributed by atoms with E-state index in [9.17, 15) is 0 Å². The number of ether oxygens (including phenoxy) is 1. The minimum atomic E-state index is 0.142. The molecule has 1 aliphatic carbocycles. The van der Waals surface area contributed by atoms with Crippen LogP contribution in [0.5, 0.6) is 5.88 Å². The number of rotatable bonds is 6. The summed E-state index contributed by atoms with van der Waals surface area (Å²) in [5, 5.41) is 3.28. The second kappa shape index (κ2) is 5.34. The summed E-state index contributed by atoms with van der Waals surface area (Å²) in [4.78, 5) is 8.52. The van der Waals surface area contributed by atoms with Crippen LogP contribution < -0.4 is 10.1 Å². The maximum Gasteiger partial charge on any atom is 0.225 e. The van der Waals surface area contributed by atoms with E-state index in [0.717, 1.165) is 12.5 Å². The zero-order valence-corrected chi connectivity index (χ0v) is 10.8. The largest absolute Gasteiger partial charge is 0.475 e. The monoisotopic (exact) mass is 235 g/mol. The molecule has 1 N–H and O–H groups in total. The maximum atomic E-state index is 5.53. The van der Waals surface area contributed by atoms with Gasteiger partial charge >= 0.3 is 0 Å². The second-order valence-corrected chi connectivity index (χ2v) is 5.08. The standard InChI is InChI=1S/C13H21N3O/c1-9(2)17-12-6-7-14-13(16-12)15-8-10(3)11-4-5-11/h6-7,9-11H,4-5,8H2,1-3H3,(H,14,15,16). The number of aromatic nitrogens is 2. The molecule has 1 unspecified atom stereocenters. The third-order valence-electron chi connectivity index (χ3n) is 3.00. The summed E-state index contributed by atoms with van der Waals surface area (Å²) in [6.45, 7) is 7.20. The molecule has 0 amide bonds. The lowest BCUT2D eigenvalue weighted by Crippen LogP contribution is -2.15. The number of anilines is 1. The summed E-state index contributed by atoms with van der Waals surface area (Å²) in [7, 11) is 0. The van der Waals surface area contributed by atoms with Crippen LogP contribution in [0.25, 0.3) is 0 Å². The first kappa shape index (κ1) is 12.1. The van der Waals surface area contributed by atoms with Gasteiger partial charge in [0.1, 0.15) is 0 Å². The van der Waals surface area contributed by atoms with Crippen molar-refractivity contribution >= 4 is 5.95 Å². The molecule has 2 rings (SSSR count). The van der Waals surface area contributed by atoms with Crippen molar-refractivity contribution in [3.05, 3.63) is 12.3 Å². The fourth-order valence-electron chi connectivity index (χ4n) is 1.82. The summed E-state index contributed by atoms with van der Waals surface area (Å²) in [5.41, 5.74) is 0. The molecule has 0 radical (unpaired) electrons. The zero-order chi connectivity index (χ0) is 12.3. The van der Waals surface area contributed by atoms with E-state index in [0.29, 0.717) is 17.7 Å². The van der Waals surface area contributed by atoms with Gasteiger partial charge in [-0.05, 0) is 38.5 Å². The van der Waals surface area contributed by atoms with Crippen LogP contribution in [0, 0.1) is 11.8 Å². The van der Waals surface area contributed by atoms with Crippen molar-refractivity contribution in [2.24, 2.45) is 11.8 Å². The molecule has 1 fully saturated rings. The summed E-state index contributed by atoms with van der Waals surface area (Å²) in [5.74, 6) is 2.90. The molecule has 1 aliphatic rings. The molecule has 1 aromatic rings. The third-order valence-corrected chi connectivity index (χ3v) is 3.00. The van der Waals surface area contributed by atoms with E-state index in [1.54, 1.807) is 12.3 Å². The van der Waals surface area contributed by atoms with E-state index in [1.165, 1.54) is 12.8 Å². The van der Waals surface area contributed by atoms with Gasteiger partial charge < -0.3 is 10.1 Å². The van der Waals surface area contributed by atoms with Crippen molar-refractivity contribution in [2.75, 3.05) is 11.9 Å². The van der Waals surface area contributed by atoms with Crippen molar-refractivity contribution in [2.45, 2.75) is 39.7 Å². The molecule has 0 aliphatic heterocycles. The molecule has 0 bridgehead atoms. The maximum absolute atomic E-state index is 5.53. The number of nitrogens with one attached hydrogen (secondary N) is 1. The van der Waals surface area contributed by atoms with Crippen LogP contribution in [0.4, 0.5) is 5.95 Å². The lowest BCUT2D eigenvalue weighted by Gasteiger charge is -2.12. The first-order chi connectivity index (χ1) is 8.15. The Balaban J connectivity index is 1.86. The van der Waals surface area contributed by atoms with E-state index < -0.39 is 0 Å². The zero-order valence-electron chi connectivity index (χ0n) is 10.8. The average molecular weight is 235 g/mol. The predicted octanol–water partition coefficient (Wildman–Crippen LogP) is 2.72. The third kappa shape index (κ3) is 3.88. The predicted molar refractivity (Wildman–Crippen MR) is 68.2 cm³/mol. The van der Waals surface area contributed by atoms with Crippen LogP contribution >= 0.6 is 0 Å². The Kier molecular flexibility index (Phi) is 3.82.